The molecule has 0 saturated heterocycles. The number of benzene rings is 8. The molecule has 1 heterocycles. The molecule has 234 valence electrons. The number of fused-ring (bicyclic) bond motifs is 5. The Bertz CT molecular complexity index is 2870. The highest BCUT2D eigenvalue weighted by Crippen LogP contribution is 2.50. The Labute approximate surface area is 294 Å². The van der Waals surface area contributed by atoms with Crippen molar-refractivity contribution in [1.29, 1.82) is 10.5 Å². The predicted octanol–water partition coefficient (Wildman–Crippen LogP) is 12.4. The van der Waals surface area contributed by atoms with Crippen molar-refractivity contribution in [1.82, 2.24) is 4.57 Å². The van der Waals surface area contributed by atoms with Gasteiger partial charge in [-0.25, -0.2) is 4.85 Å². The normalized spacial score (nSPS) is 11.1. The SMILES string of the molecule is [C-]#[N+]c1cccc(-c2ccccc2-n2c3ccc(C#N)cc3c3cc(C#N)ccc32)c1-c1c2ccccc2c(-c2ccccc2)c2ccccc12. The summed E-state index contributed by atoms with van der Waals surface area (Å²) in [5.41, 5.74) is 10.6. The lowest BCUT2D eigenvalue weighted by Crippen LogP contribution is -1.99. The monoisotopic (exact) mass is 646 g/mol. The molecule has 0 radical (unpaired) electrons. The molecule has 0 aliphatic carbocycles. The van der Waals surface area contributed by atoms with E-state index in [1.165, 1.54) is 5.56 Å². The van der Waals surface area contributed by atoms with E-state index in [0.29, 0.717) is 16.8 Å². The topological polar surface area (TPSA) is 56.9 Å². The Balaban J connectivity index is 1.41. The van der Waals surface area contributed by atoms with Crippen molar-refractivity contribution in [2.45, 2.75) is 0 Å². The van der Waals surface area contributed by atoms with Gasteiger partial charge in [0.1, 0.15) is 0 Å². The van der Waals surface area contributed by atoms with Gasteiger partial charge in [-0.1, -0.05) is 115 Å². The molecule has 0 saturated carbocycles. The van der Waals surface area contributed by atoms with Gasteiger partial charge in [0.25, 0.3) is 0 Å². The van der Waals surface area contributed by atoms with Crippen LogP contribution in [-0.2, 0) is 0 Å². The highest BCUT2D eigenvalue weighted by atomic mass is 15.0. The van der Waals surface area contributed by atoms with E-state index in [9.17, 15) is 10.5 Å². The second-order valence-electron chi connectivity index (χ2n) is 12.6. The van der Waals surface area contributed by atoms with Crippen LogP contribution in [0.1, 0.15) is 11.1 Å². The van der Waals surface area contributed by atoms with Crippen molar-refractivity contribution >= 4 is 49.0 Å². The van der Waals surface area contributed by atoms with Crippen molar-refractivity contribution < 1.29 is 0 Å². The molecule has 0 aliphatic rings. The van der Waals surface area contributed by atoms with Gasteiger partial charge in [0.05, 0.1) is 46.6 Å². The van der Waals surface area contributed by atoms with Crippen molar-refractivity contribution in [3.63, 3.8) is 0 Å². The smallest absolute Gasteiger partial charge is 0.195 e. The lowest BCUT2D eigenvalue weighted by molar-refractivity contribution is 1.18. The lowest BCUT2D eigenvalue weighted by Gasteiger charge is -2.22. The van der Waals surface area contributed by atoms with Crippen LogP contribution in [0.2, 0.25) is 0 Å². The third-order valence-electron chi connectivity index (χ3n) is 9.87. The fourth-order valence-electron chi connectivity index (χ4n) is 7.75. The third-order valence-corrected chi connectivity index (χ3v) is 9.87. The van der Waals surface area contributed by atoms with Crippen LogP contribution in [0.3, 0.4) is 0 Å². The van der Waals surface area contributed by atoms with E-state index in [1.54, 1.807) is 0 Å². The number of hydrogen-bond acceptors (Lipinski definition) is 2. The molecule has 8 aromatic carbocycles. The van der Waals surface area contributed by atoms with E-state index in [1.807, 2.05) is 66.7 Å². The first kappa shape index (κ1) is 29.7. The lowest BCUT2D eigenvalue weighted by atomic mass is 9.83. The Morgan fingerprint density at radius 2 is 0.961 bits per heavy atom. The Hall–Kier alpha value is -7.45. The van der Waals surface area contributed by atoms with E-state index in [2.05, 4.69) is 113 Å². The summed E-state index contributed by atoms with van der Waals surface area (Å²) in [6, 6.07) is 57.8. The standard InChI is InChI=1S/C47H26N4/c1-50-41-20-11-19-34(47(41)46-37-17-7-5-15-35(37)45(32-12-3-2-4-13-32)36-16-6-8-18-38(36)46)33-14-9-10-21-42(33)51-43-24-22-30(28-48)26-39(43)40-27-31(29-49)23-25-44(40)51/h2-27H. The summed E-state index contributed by atoms with van der Waals surface area (Å²) in [4.78, 5) is 4.14. The first-order chi connectivity index (χ1) is 25.2. The van der Waals surface area contributed by atoms with Gasteiger partial charge >= 0.3 is 0 Å². The maximum atomic E-state index is 9.77. The van der Waals surface area contributed by atoms with E-state index in [0.717, 1.165) is 76.9 Å². The summed E-state index contributed by atoms with van der Waals surface area (Å²) in [7, 11) is 0. The molecular formula is C47H26N4. The highest BCUT2D eigenvalue weighted by molar-refractivity contribution is 6.24. The number of nitriles is 2. The van der Waals surface area contributed by atoms with Crippen LogP contribution in [0.5, 0.6) is 0 Å². The second-order valence-corrected chi connectivity index (χ2v) is 12.6. The molecule has 9 rings (SSSR count). The summed E-state index contributed by atoms with van der Waals surface area (Å²) < 4.78 is 2.21. The van der Waals surface area contributed by atoms with Crippen LogP contribution in [0.25, 0.3) is 87.3 Å². The first-order valence-corrected chi connectivity index (χ1v) is 16.7. The molecule has 0 spiro atoms. The maximum Gasteiger partial charge on any atom is 0.195 e. The zero-order valence-electron chi connectivity index (χ0n) is 27.3. The Morgan fingerprint density at radius 3 is 1.53 bits per heavy atom. The molecule has 1 aromatic heterocycles. The Kier molecular flexibility index (Phi) is 6.93. The average molecular weight is 647 g/mol. The first-order valence-electron chi connectivity index (χ1n) is 16.7. The summed E-state index contributed by atoms with van der Waals surface area (Å²) in [5.74, 6) is 0. The molecule has 51 heavy (non-hydrogen) atoms. The van der Waals surface area contributed by atoms with Gasteiger partial charge in [-0.15, -0.1) is 0 Å². The van der Waals surface area contributed by atoms with E-state index >= 15 is 0 Å². The van der Waals surface area contributed by atoms with Crippen molar-refractivity contribution in [2.75, 3.05) is 0 Å². The van der Waals surface area contributed by atoms with E-state index < -0.39 is 0 Å². The molecule has 4 heteroatoms. The molecule has 0 unspecified atom stereocenters. The van der Waals surface area contributed by atoms with Crippen LogP contribution in [-0.4, -0.2) is 4.57 Å². The van der Waals surface area contributed by atoms with Gasteiger partial charge in [-0.05, 0) is 91.8 Å². The van der Waals surface area contributed by atoms with Crippen LogP contribution in [0.15, 0.2) is 158 Å². The number of hydrogen-bond donors (Lipinski definition) is 0. The fourth-order valence-corrected chi connectivity index (χ4v) is 7.75. The minimum atomic E-state index is 0.557. The largest absolute Gasteiger partial charge is 0.309 e. The molecule has 0 aliphatic heterocycles. The molecule has 0 atom stereocenters. The zero-order chi connectivity index (χ0) is 34.5. The second kappa shape index (κ2) is 11.9. The maximum absolute atomic E-state index is 9.77. The molecular weight excluding hydrogens is 621 g/mol. The summed E-state index contributed by atoms with van der Waals surface area (Å²) in [6.07, 6.45) is 0. The van der Waals surface area contributed by atoms with Crippen molar-refractivity contribution in [3.05, 3.63) is 180 Å². The van der Waals surface area contributed by atoms with Crippen LogP contribution in [0, 0.1) is 29.2 Å². The van der Waals surface area contributed by atoms with Gasteiger partial charge in [0.15, 0.2) is 5.69 Å². The van der Waals surface area contributed by atoms with Gasteiger partial charge in [0.2, 0.25) is 0 Å². The van der Waals surface area contributed by atoms with Gasteiger partial charge < -0.3 is 4.57 Å². The van der Waals surface area contributed by atoms with Crippen molar-refractivity contribution in [2.24, 2.45) is 0 Å². The minimum absolute atomic E-state index is 0.557. The number of nitrogens with zero attached hydrogens (tertiary/aromatic N) is 4. The quantitative estimate of drug-likeness (QED) is 0.141. The summed E-state index contributed by atoms with van der Waals surface area (Å²) in [5, 5.41) is 25.8. The number of para-hydroxylation sites is 1. The summed E-state index contributed by atoms with van der Waals surface area (Å²) in [6.45, 7) is 8.44. The molecule has 0 fully saturated rings. The predicted molar refractivity (Wildman–Crippen MR) is 208 cm³/mol. The number of aromatic nitrogens is 1. The van der Waals surface area contributed by atoms with E-state index in [-0.39, 0.29) is 0 Å². The molecule has 0 N–H and O–H groups in total. The minimum Gasteiger partial charge on any atom is -0.309 e. The summed E-state index contributed by atoms with van der Waals surface area (Å²) >= 11 is 0. The van der Waals surface area contributed by atoms with Gasteiger partial charge in [0, 0.05) is 16.3 Å². The fraction of sp³-hybridized carbons (Fsp3) is 0. The van der Waals surface area contributed by atoms with E-state index in [4.69, 9.17) is 6.57 Å². The zero-order valence-corrected chi connectivity index (χ0v) is 27.3. The highest BCUT2D eigenvalue weighted by Gasteiger charge is 2.23. The Morgan fingerprint density at radius 1 is 0.451 bits per heavy atom. The third kappa shape index (κ3) is 4.58. The van der Waals surface area contributed by atoms with Gasteiger partial charge in [-0.3, -0.25) is 0 Å². The van der Waals surface area contributed by atoms with Crippen LogP contribution < -0.4 is 0 Å². The van der Waals surface area contributed by atoms with Crippen molar-refractivity contribution in [3.8, 4) is 51.2 Å². The molecule has 9 aromatic rings. The van der Waals surface area contributed by atoms with Crippen LogP contribution in [0.4, 0.5) is 5.69 Å². The average Bonchev–Trinajstić information content (AvgIpc) is 3.52. The molecule has 4 nitrogen and oxygen atoms in total. The number of rotatable bonds is 4. The van der Waals surface area contributed by atoms with Gasteiger partial charge in [-0.2, -0.15) is 10.5 Å². The molecule has 0 amide bonds. The molecule has 0 bridgehead atoms. The van der Waals surface area contributed by atoms with Crippen LogP contribution >= 0.6 is 0 Å².